The number of carbonyl (C=O) groups is 2. The van der Waals surface area contributed by atoms with Crippen molar-refractivity contribution in [1.82, 2.24) is 5.32 Å². The topological polar surface area (TPSA) is 55.4 Å². The van der Waals surface area contributed by atoms with Gasteiger partial charge in [-0.05, 0) is 38.2 Å². The van der Waals surface area contributed by atoms with Gasteiger partial charge in [0, 0.05) is 6.04 Å². The first kappa shape index (κ1) is 17.5. The van der Waals surface area contributed by atoms with Crippen LogP contribution in [0.1, 0.15) is 50.7 Å². The average Bonchev–Trinajstić information content (AvgIpc) is 2.51. The van der Waals surface area contributed by atoms with Crippen LogP contribution in [0.15, 0.2) is 24.3 Å². The molecule has 1 amide bonds. The van der Waals surface area contributed by atoms with E-state index in [1.807, 2.05) is 31.2 Å². The molecule has 0 saturated heterocycles. The Balaban J connectivity index is 1.80. The Kier molecular flexibility index (Phi) is 6.20. The van der Waals surface area contributed by atoms with Gasteiger partial charge in [-0.25, -0.2) is 0 Å². The molecule has 0 aromatic heterocycles. The van der Waals surface area contributed by atoms with Crippen LogP contribution < -0.4 is 5.32 Å². The summed E-state index contributed by atoms with van der Waals surface area (Å²) in [7, 11) is 0. The number of carbonyl (C=O) groups excluding carboxylic acids is 2. The van der Waals surface area contributed by atoms with Gasteiger partial charge in [-0.3, -0.25) is 9.59 Å². The molecule has 2 rings (SSSR count). The zero-order chi connectivity index (χ0) is 16.8. The zero-order valence-electron chi connectivity index (χ0n) is 14.3. The molecule has 0 bridgehead atoms. The Hall–Kier alpha value is -1.84. The van der Waals surface area contributed by atoms with Gasteiger partial charge >= 0.3 is 5.97 Å². The zero-order valence-corrected chi connectivity index (χ0v) is 14.3. The molecular formula is C19H27NO3. The summed E-state index contributed by atoms with van der Waals surface area (Å²) in [4.78, 5) is 24.2. The number of ether oxygens (including phenoxy) is 1. The predicted octanol–water partition coefficient (Wildman–Crippen LogP) is 3.16. The molecule has 0 unspecified atom stereocenters. The van der Waals surface area contributed by atoms with Crippen LogP contribution in [0.5, 0.6) is 0 Å². The molecule has 23 heavy (non-hydrogen) atoms. The highest BCUT2D eigenvalue weighted by Crippen LogP contribution is 2.23. The van der Waals surface area contributed by atoms with Crippen LogP contribution in [-0.2, 0) is 20.7 Å². The summed E-state index contributed by atoms with van der Waals surface area (Å²) in [5.41, 5.74) is 2.05. The largest absolute Gasteiger partial charge is 0.452 e. The summed E-state index contributed by atoms with van der Waals surface area (Å²) in [5.74, 6) is -0.0719. The highest BCUT2D eigenvalue weighted by atomic mass is 16.5. The summed E-state index contributed by atoms with van der Waals surface area (Å²) in [6, 6.07) is 7.94. The van der Waals surface area contributed by atoms with E-state index in [2.05, 4.69) is 12.2 Å². The van der Waals surface area contributed by atoms with Gasteiger partial charge in [0.15, 0.2) is 6.10 Å². The summed E-state index contributed by atoms with van der Waals surface area (Å²) in [6.45, 7) is 5.80. The van der Waals surface area contributed by atoms with Crippen LogP contribution in [0.3, 0.4) is 0 Å². The average molecular weight is 317 g/mol. The second-order valence-corrected chi connectivity index (χ2v) is 6.67. The van der Waals surface area contributed by atoms with E-state index in [-0.39, 0.29) is 24.3 Å². The monoisotopic (exact) mass is 317 g/mol. The van der Waals surface area contributed by atoms with Gasteiger partial charge in [-0.1, -0.05) is 49.6 Å². The third-order valence-electron chi connectivity index (χ3n) is 4.59. The van der Waals surface area contributed by atoms with E-state index in [1.54, 1.807) is 6.92 Å². The second-order valence-electron chi connectivity index (χ2n) is 6.67. The van der Waals surface area contributed by atoms with Crippen molar-refractivity contribution < 1.29 is 14.3 Å². The highest BCUT2D eigenvalue weighted by molar-refractivity contribution is 5.84. The van der Waals surface area contributed by atoms with Crippen molar-refractivity contribution in [1.29, 1.82) is 0 Å². The molecule has 0 radical (unpaired) electrons. The van der Waals surface area contributed by atoms with Gasteiger partial charge in [0.1, 0.15) is 0 Å². The number of rotatable bonds is 5. The smallest absolute Gasteiger partial charge is 0.311 e. The minimum atomic E-state index is -0.748. The molecule has 1 aromatic rings. The molecule has 1 saturated carbocycles. The van der Waals surface area contributed by atoms with Crippen LogP contribution in [0.4, 0.5) is 0 Å². The maximum Gasteiger partial charge on any atom is 0.311 e. The minimum absolute atomic E-state index is 0.192. The maximum absolute atomic E-state index is 12.2. The van der Waals surface area contributed by atoms with Gasteiger partial charge in [-0.15, -0.1) is 0 Å². The van der Waals surface area contributed by atoms with Crippen molar-refractivity contribution in [2.75, 3.05) is 0 Å². The fourth-order valence-corrected chi connectivity index (χ4v) is 3.00. The molecule has 4 nitrogen and oxygen atoms in total. The Bertz CT molecular complexity index is 538. The maximum atomic E-state index is 12.2. The Morgan fingerprint density at radius 2 is 1.87 bits per heavy atom. The number of aryl methyl sites for hydroxylation is 1. The van der Waals surface area contributed by atoms with E-state index in [0.717, 1.165) is 30.4 Å². The van der Waals surface area contributed by atoms with Gasteiger partial charge in [0.05, 0.1) is 6.42 Å². The van der Waals surface area contributed by atoms with Crippen molar-refractivity contribution in [2.45, 2.75) is 65.0 Å². The lowest BCUT2D eigenvalue weighted by Gasteiger charge is -2.30. The summed E-state index contributed by atoms with van der Waals surface area (Å²) in [5, 5.41) is 3.03. The Morgan fingerprint density at radius 3 is 2.52 bits per heavy atom. The van der Waals surface area contributed by atoms with Gasteiger partial charge in [0.2, 0.25) is 0 Å². The van der Waals surface area contributed by atoms with E-state index in [4.69, 9.17) is 4.74 Å². The molecule has 126 valence electrons. The molecule has 1 fully saturated rings. The minimum Gasteiger partial charge on any atom is -0.452 e. The number of benzene rings is 1. The third-order valence-corrected chi connectivity index (χ3v) is 4.59. The van der Waals surface area contributed by atoms with Crippen molar-refractivity contribution in [3.8, 4) is 0 Å². The van der Waals surface area contributed by atoms with Crippen molar-refractivity contribution in [3.63, 3.8) is 0 Å². The number of nitrogens with one attached hydrogen (secondary N) is 1. The van der Waals surface area contributed by atoms with Crippen molar-refractivity contribution in [2.24, 2.45) is 5.92 Å². The first-order valence-corrected chi connectivity index (χ1v) is 8.51. The second kappa shape index (κ2) is 8.14. The molecule has 0 heterocycles. The predicted molar refractivity (Wildman–Crippen MR) is 90.0 cm³/mol. The molecule has 0 aliphatic heterocycles. The molecule has 1 aliphatic carbocycles. The SMILES string of the molecule is Cc1ccc(CC(=O)O[C@H](C)C(=O)N[C@H]2CCCC[C@@H]2C)cc1. The molecule has 1 aliphatic rings. The Labute approximate surface area is 138 Å². The quantitative estimate of drug-likeness (QED) is 0.849. The standard InChI is InChI=1S/C19H27NO3/c1-13-8-10-16(11-9-13)12-18(21)23-15(3)19(22)20-17-7-5-4-6-14(17)2/h8-11,14-15,17H,4-7,12H2,1-3H3,(H,20,22)/t14-,15+,17-/m0/s1. The van der Waals surface area contributed by atoms with Gasteiger partial charge in [0.25, 0.3) is 5.91 Å². The lowest BCUT2D eigenvalue weighted by molar-refractivity contribution is -0.154. The van der Waals surface area contributed by atoms with E-state index >= 15 is 0 Å². The van der Waals surface area contributed by atoms with Crippen LogP contribution in [-0.4, -0.2) is 24.0 Å². The fraction of sp³-hybridized carbons (Fsp3) is 0.579. The lowest BCUT2D eigenvalue weighted by atomic mass is 9.86. The molecule has 1 aromatic carbocycles. The van der Waals surface area contributed by atoms with Crippen LogP contribution in [0, 0.1) is 12.8 Å². The van der Waals surface area contributed by atoms with E-state index in [1.165, 1.54) is 6.42 Å². The van der Waals surface area contributed by atoms with E-state index < -0.39 is 6.10 Å². The lowest BCUT2D eigenvalue weighted by Crippen LogP contribution is -2.46. The van der Waals surface area contributed by atoms with E-state index in [9.17, 15) is 9.59 Å². The number of hydrogen-bond acceptors (Lipinski definition) is 3. The summed E-state index contributed by atoms with van der Waals surface area (Å²) < 4.78 is 5.27. The van der Waals surface area contributed by atoms with E-state index in [0.29, 0.717) is 5.92 Å². The van der Waals surface area contributed by atoms with Gasteiger partial charge in [-0.2, -0.15) is 0 Å². The normalized spacial score (nSPS) is 22.2. The number of amides is 1. The highest BCUT2D eigenvalue weighted by Gasteiger charge is 2.26. The van der Waals surface area contributed by atoms with Gasteiger partial charge < -0.3 is 10.1 Å². The first-order chi connectivity index (χ1) is 11.0. The Morgan fingerprint density at radius 1 is 1.22 bits per heavy atom. The number of esters is 1. The first-order valence-electron chi connectivity index (χ1n) is 8.51. The van der Waals surface area contributed by atoms with Crippen LogP contribution in [0.25, 0.3) is 0 Å². The summed E-state index contributed by atoms with van der Waals surface area (Å²) >= 11 is 0. The van der Waals surface area contributed by atoms with Crippen LogP contribution in [0.2, 0.25) is 0 Å². The fourth-order valence-electron chi connectivity index (χ4n) is 3.00. The van der Waals surface area contributed by atoms with Crippen LogP contribution >= 0.6 is 0 Å². The van der Waals surface area contributed by atoms with Crippen molar-refractivity contribution in [3.05, 3.63) is 35.4 Å². The number of hydrogen-bond donors (Lipinski definition) is 1. The molecule has 4 heteroatoms. The molecule has 3 atom stereocenters. The molecular weight excluding hydrogens is 290 g/mol. The molecule has 1 N–H and O–H groups in total. The van der Waals surface area contributed by atoms with Crippen molar-refractivity contribution >= 4 is 11.9 Å². The summed E-state index contributed by atoms with van der Waals surface area (Å²) in [6.07, 6.45) is 3.98. The molecule has 0 spiro atoms. The third kappa shape index (κ3) is 5.38.